The summed E-state index contributed by atoms with van der Waals surface area (Å²) in [5, 5.41) is 7.96. The number of hydrogen-bond donors (Lipinski definition) is 1. The van der Waals surface area contributed by atoms with Gasteiger partial charge in [-0.05, 0) is 31.7 Å². The quantitative estimate of drug-likeness (QED) is 0.911. The molecule has 4 nitrogen and oxygen atoms in total. The third-order valence-corrected chi connectivity index (χ3v) is 5.50. The second kappa shape index (κ2) is 5.05. The number of alkyl halides is 3. The van der Waals surface area contributed by atoms with Crippen LogP contribution in [0.25, 0.3) is 0 Å². The van der Waals surface area contributed by atoms with E-state index in [1.165, 1.54) is 0 Å². The smallest absolute Gasteiger partial charge is 0.321 e. The van der Waals surface area contributed by atoms with Crippen LogP contribution in [0.2, 0.25) is 0 Å². The van der Waals surface area contributed by atoms with Crippen molar-refractivity contribution in [1.29, 1.82) is 0 Å². The molecule has 1 aromatic heterocycles. The first-order valence-electron chi connectivity index (χ1n) is 8.18. The maximum atomic E-state index is 13.6. The molecule has 1 aliphatic heterocycles. The summed E-state index contributed by atoms with van der Waals surface area (Å²) in [5.74, 6) is 0.557. The van der Waals surface area contributed by atoms with Crippen LogP contribution in [0, 0.1) is 0 Å². The molecule has 128 valence electrons. The molecule has 2 aliphatic rings. The zero-order valence-electron chi connectivity index (χ0n) is 13.3. The number of nitrogens with zero attached hydrogens (tertiary/aromatic N) is 3. The first kappa shape index (κ1) is 15.6. The molecule has 2 heterocycles. The van der Waals surface area contributed by atoms with Gasteiger partial charge in [0.1, 0.15) is 17.1 Å². The van der Waals surface area contributed by atoms with Crippen molar-refractivity contribution in [3.05, 3.63) is 47.5 Å². The number of nitrogens with two attached hydrogens (primary N) is 1. The van der Waals surface area contributed by atoms with Crippen LogP contribution >= 0.6 is 0 Å². The van der Waals surface area contributed by atoms with Crippen LogP contribution in [-0.2, 0) is 5.41 Å². The fourth-order valence-corrected chi connectivity index (χ4v) is 3.91. The summed E-state index contributed by atoms with van der Waals surface area (Å²) in [5.41, 5.74) is 5.46. The van der Waals surface area contributed by atoms with E-state index in [0.717, 1.165) is 5.56 Å². The van der Waals surface area contributed by atoms with Gasteiger partial charge in [-0.1, -0.05) is 30.3 Å². The molecule has 0 radical (unpaired) electrons. The van der Waals surface area contributed by atoms with E-state index in [9.17, 15) is 13.2 Å². The summed E-state index contributed by atoms with van der Waals surface area (Å²) in [7, 11) is 0. The monoisotopic (exact) mass is 336 g/mol. The zero-order chi connectivity index (χ0) is 17.1. The highest BCUT2D eigenvalue weighted by atomic mass is 19.4. The lowest BCUT2D eigenvalue weighted by atomic mass is 9.83. The lowest BCUT2D eigenvalue weighted by molar-refractivity contribution is -0.163. The molecule has 0 bridgehead atoms. The van der Waals surface area contributed by atoms with Crippen LogP contribution in [0.3, 0.4) is 0 Å². The Morgan fingerprint density at radius 2 is 1.83 bits per heavy atom. The van der Waals surface area contributed by atoms with Gasteiger partial charge in [-0.15, -0.1) is 10.2 Å². The van der Waals surface area contributed by atoms with Gasteiger partial charge in [-0.2, -0.15) is 13.2 Å². The average molecular weight is 336 g/mol. The predicted octanol–water partition coefficient (Wildman–Crippen LogP) is 3.62. The third kappa shape index (κ3) is 2.10. The molecule has 1 aromatic carbocycles. The standard InChI is InChI=1S/C17H19F3N4/c1-10-12(11-5-3-2-4-6-11)9-13(21)14-22-23-15(24(10)14)16(7-8-16)17(18,19)20/h2-6,10,12-13H,7-9,21H2,1H3/t10-,12-,13+/m1/s1. The maximum absolute atomic E-state index is 13.6. The van der Waals surface area contributed by atoms with E-state index in [-0.39, 0.29) is 30.6 Å². The van der Waals surface area contributed by atoms with Crippen molar-refractivity contribution >= 4 is 0 Å². The van der Waals surface area contributed by atoms with Crippen molar-refractivity contribution < 1.29 is 13.2 Å². The fourth-order valence-electron chi connectivity index (χ4n) is 3.91. The number of halogens is 3. The Bertz CT molecular complexity index is 749. The Balaban J connectivity index is 1.80. The summed E-state index contributed by atoms with van der Waals surface area (Å²) in [6.45, 7) is 1.94. The molecule has 7 heteroatoms. The molecule has 2 N–H and O–H groups in total. The van der Waals surface area contributed by atoms with Crippen molar-refractivity contribution in [1.82, 2.24) is 14.8 Å². The third-order valence-electron chi connectivity index (χ3n) is 5.50. The normalized spacial score (nSPS) is 28.5. The Labute approximate surface area is 137 Å². The molecule has 1 saturated carbocycles. The summed E-state index contributed by atoms with van der Waals surface area (Å²) >= 11 is 0. The first-order valence-corrected chi connectivity index (χ1v) is 8.18. The minimum Gasteiger partial charge on any atom is -0.321 e. The van der Waals surface area contributed by atoms with E-state index in [2.05, 4.69) is 10.2 Å². The zero-order valence-corrected chi connectivity index (χ0v) is 13.3. The Morgan fingerprint density at radius 3 is 2.42 bits per heavy atom. The molecule has 2 aromatic rings. The van der Waals surface area contributed by atoms with Gasteiger partial charge in [0.2, 0.25) is 0 Å². The van der Waals surface area contributed by atoms with Gasteiger partial charge in [0.15, 0.2) is 0 Å². The fraction of sp³-hybridized carbons (Fsp3) is 0.529. The largest absolute Gasteiger partial charge is 0.401 e. The molecule has 0 amide bonds. The van der Waals surface area contributed by atoms with Crippen molar-refractivity contribution in [3.8, 4) is 0 Å². The highest BCUT2D eigenvalue weighted by molar-refractivity contribution is 5.29. The van der Waals surface area contributed by atoms with E-state index in [1.807, 2.05) is 37.3 Å². The van der Waals surface area contributed by atoms with Crippen molar-refractivity contribution in [2.75, 3.05) is 0 Å². The Kier molecular flexibility index (Phi) is 3.29. The molecule has 1 aliphatic carbocycles. The van der Waals surface area contributed by atoms with E-state index in [0.29, 0.717) is 12.2 Å². The summed E-state index contributed by atoms with van der Waals surface area (Å²) in [4.78, 5) is 0. The summed E-state index contributed by atoms with van der Waals surface area (Å²) in [6.07, 6.45) is -3.50. The van der Waals surface area contributed by atoms with Gasteiger partial charge in [0, 0.05) is 12.0 Å². The Morgan fingerprint density at radius 1 is 1.17 bits per heavy atom. The SMILES string of the molecule is C[C@@H]1[C@H](c2ccccc2)C[C@H](N)c2nnc(C3(C(F)(F)F)CC3)n21. The topological polar surface area (TPSA) is 56.7 Å². The molecule has 1 fully saturated rings. The average Bonchev–Trinajstić information content (AvgIpc) is 3.24. The van der Waals surface area contributed by atoms with Crippen LogP contribution in [-0.4, -0.2) is 20.9 Å². The van der Waals surface area contributed by atoms with Gasteiger partial charge in [-0.25, -0.2) is 0 Å². The molecular formula is C17H19F3N4. The van der Waals surface area contributed by atoms with E-state index in [1.54, 1.807) is 4.57 Å². The Hall–Kier alpha value is -1.89. The van der Waals surface area contributed by atoms with Crippen LogP contribution in [0.5, 0.6) is 0 Å². The molecular weight excluding hydrogens is 317 g/mol. The van der Waals surface area contributed by atoms with Crippen molar-refractivity contribution in [2.24, 2.45) is 5.73 Å². The van der Waals surface area contributed by atoms with Crippen molar-refractivity contribution in [2.45, 2.75) is 55.8 Å². The van der Waals surface area contributed by atoms with E-state index < -0.39 is 17.6 Å². The molecule has 3 atom stereocenters. The second-order valence-corrected chi connectivity index (χ2v) is 6.93. The van der Waals surface area contributed by atoms with Gasteiger partial charge in [0.05, 0.1) is 6.04 Å². The van der Waals surface area contributed by atoms with Gasteiger partial charge in [0.25, 0.3) is 0 Å². The van der Waals surface area contributed by atoms with Crippen LogP contribution in [0.1, 0.15) is 61.4 Å². The molecule has 24 heavy (non-hydrogen) atoms. The minimum absolute atomic E-state index is 0.0357. The first-order chi connectivity index (χ1) is 11.3. The number of fused-ring (bicyclic) bond motifs is 1. The summed E-state index contributed by atoms with van der Waals surface area (Å²) in [6, 6.07) is 9.24. The van der Waals surface area contributed by atoms with Crippen LogP contribution in [0.15, 0.2) is 30.3 Å². The lowest BCUT2D eigenvalue weighted by Crippen LogP contribution is -2.37. The molecule has 0 saturated heterocycles. The second-order valence-electron chi connectivity index (χ2n) is 6.93. The number of benzene rings is 1. The lowest BCUT2D eigenvalue weighted by Gasteiger charge is -2.36. The number of rotatable bonds is 2. The van der Waals surface area contributed by atoms with Crippen LogP contribution < -0.4 is 5.73 Å². The van der Waals surface area contributed by atoms with Gasteiger partial charge in [-0.3, -0.25) is 0 Å². The minimum atomic E-state index is -4.31. The van der Waals surface area contributed by atoms with Gasteiger partial charge >= 0.3 is 6.18 Å². The maximum Gasteiger partial charge on any atom is 0.401 e. The van der Waals surface area contributed by atoms with Crippen molar-refractivity contribution in [3.63, 3.8) is 0 Å². The van der Waals surface area contributed by atoms with E-state index >= 15 is 0 Å². The highest BCUT2D eigenvalue weighted by Crippen LogP contribution is 2.59. The molecule has 0 unspecified atom stereocenters. The van der Waals surface area contributed by atoms with Crippen LogP contribution in [0.4, 0.5) is 13.2 Å². The van der Waals surface area contributed by atoms with Gasteiger partial charge < -0.3 is 10.3 Å². The van der Waals surface area contributed by atoms with E-state index in [4.69, 9.17) is 5.73 Å². The molecule has 4 rings (SSSR count). The highest BCUT2D eigenvalue weighted by Gasteiger charge is 2.67. The predicted molar refractivity (Wildman–Crippen MR) is 82.4 cm³/mol. The number of aromatic nitrogens is 3. The molecule has 0 spiro atoms. The number of hydrogen-bond acceptors (Lipinski definition) is 3. The summed E-state index contributed by atoms with van der Waals surface area (Å²) < 4.78 is 42.3.